The zero-order valence-electron chi connectivity index (χ0n) is 10.7. The van der Waals surface area contributed by atoms with Gasteiger partial charge in [0.25, 0.3) is 0 Å². The lowest BCUT2D eigenvalue weighted by molar-refractivity contribution is 0.774. The number of rotatable bonds is 2. The first-order valence-corrected chi connectivity index (χ1v) is 7.15. The second kappa shape index (κ2) is 5.36. The number of halogens is 2. The maximum absolute atomic E-state index is 8.84. The van der Waals surface area contributed by atoms with Crippen molar-refractivity contribution >= 4 is 28.9 Å². The average Bonchev–Trinajstić information content (AvgIpc) is 2.82. The number of hydrogen-bond acceptors (Lipinski definition) is 2. The van der Waals surface area contributed by atoms with Crippen molar-refractivity contribution < 1.29 is 0 Å². The fourth-order valence-corrected chi connectivity index (χ4v) is 3.04. The van der Waals surface area contributed by atoms with E-state index in [2.05, 4.69) is 17.5 Å². The summed E-state index contributed by atoms with van der Waals surface area (Å²) in [5, 5.41) is 13.6. The minimum atomic E-state index is 0.314. The molecule has 2 aromatic carbocycles. The Kier molecular flexibility index (Phi) is 3.56. The van der Waals surface area contributed by atoms with Gasteiger partial charge in [-0.05, 0) is 54.3 Å². The van der Waals surface area contributed by atoms with E-state index in [1.165, 1.54) is 11.1 Å². The van der Waals surface area contributed by atoms with Gasteiger partial charge in [0.15, 0.2) is 0 Å². The standard InChI is InChI=1S/C16H12Cl2N2/c17-13-3-2-11-7-14(8-12(11)6-13)20-16-4-1-10(9-19)5-15(16)18/h1-6,14,20H,7-8H2. The molecule has 1 N–H and O–H groups in total. The molecule has 20 heavy (non-hydrogen) atoms. The van der Waals surface area contributed by atoms with Crippen LogP contribution in [-0.2, 0) is 12.8 Å². The lowest BCUT2D eigenvalue weighted by atomic mass is 10.1. The Labute approximate surface area is 127 Å². The Balaban J connectivity index is 1.76. The third-order valence-electron chi connectivity index (χ3n) is 3.56. The molecule has 2 aromatic rings. The summed E-state index contributed by atoms with van der Waals surface area (Å²) in [6, 6.07) is 13.7. The molecule has 3 rings (SSSR count). The molecule has 2 nitrogen and oxygen atoms in total. The van der Waals surface area contributed by atoms with Crippen LogP contribution in [0.4, 0.5) is 5.69 Å². The minimum Gasteiger partial charge on any atom is -0.380 e. The van der Waals surface area contributed by atoms with Gasteiger partial charge in [-0.1, -0.05) is 29.3 Å². The highest BCUT2D eigenvalue weighted by atomic mass is 35.5. The second-order valence-electron chi connectivity index (χ2n) is 4.97. The molecule has 1 aliphatic rings. The number of nitriles is 1. The van der Waals surface area contributed by atoms with E-state index in [0.717, 1.165) is 23.6 Å². The summed E-state index contributed by atoms with van der Waals surface area (Å²) >= 11 is 12.2. The first-order valence-electron chi connectivity index (χ1n) is 6.39. The van der Waals surface area contributed by atoms with Crippen LogP contribution in [0.3, 0.4) is 0 Å². The third kappa shape index (κ3) is 2.60. The van der Waals surface area contributed by atoms with Crippen molar-refractivity contribution in [3.63, 3.8) is 0 Å². The summed E-state index contributed by atoms with van der Waals surface area (Å²) in [6.45, 7) is 0. The zero-order chi connectivity index (χ0) is 14.1. The highest BCUT2D eigenvalue weighted by Gasteiger charge is 2.22. The molecule has 1 aliphatic carbocycles. The van der Waals surface area contributed by atoms with Crippen LogP contribution in [0.5, 0.6) is 0 Å². The molecule has 0 aliphatic heterocycles. The van der Waals surface area contributed by atoms with Gasteiger partial charge in [-0.3, -0.25) is 0 Å². The lowest BCUT2D eigenvalue weighted by Gasteiger charge is -2.15. The fraction of sp³-hybridized carbons (Fsp3) is 0.188. The first kappa shape index (κ1) is 13.3. The van der Waals surface area contributed by atoms with Crippen LogP contribution in [0, 0.1) is 11.3 Å². The number of anilines is 1. The van der Waals surface area contributed by atoms with E-state index in [1.54, 1.807) is 12.1 Å². The molecule has 1 unspecified atom stereocenters. The maximum atomic E-state index is 8.84. The maximum Gasteiger partial charge on any atom is 0.0992 e. The highest BCUT2D eigenvalue weighted by molar-refractivity contribution is 6.33. The van der Waals surface area contributed by atoms with Gasteiger partial charge in [-0.2, -0.15) is 5.26 Å². The number of fused-ring (bicyclic) bond motifs is 1. The zero-order valence-corrected chi connectivity index (χ0v) is 12.2. The Bertz CT molecular complexity index is 704. The smallest absolute Gasteiger partial charge is 0.0992 e. The molecule has 0 saturated heterocycles. The predicted molar refractivity (Wildman–Crippen MR) is 82.4 cm³/mol. The summed E-state index contributed by atoms with van der Waals surface area (Å²) in [5.41, 5.74) is 4.06. The third-order valence-corrected chi connectivity index (χ3v) is 4.11. The summed E-state index contributed by atoms with van der Waals surface area (Å²) in [4.78, 5) is 0. The molecule has 1 atom stereocenters. The van der Waals surface area contributed by atoms with Gasteiger partial charge >= 0.3 is 0 Å². The molecule has 0 aromatic heterocycles. The monoisotopic (exact) mass is 302 g/mol. The van der Waals surface area contributed by atoms with Crippen LogP contribution in [0.2, 0.25) is 10.0 Å². The molecule has 0 radical (unpaired) electrons. The van der Waals surface area contributed by atoms with E-state index in [0.29, 0.717) is 16.6 Å². The highest BCUT2D eigenvalue weighted by Crippen LogP contribution is 2.30. The number of nitrogens with zero attached hydrogens (tertiary/aromatic N) is 1. The van der Waals surface area contributed by atoms with Gasteiger partial charge in [0.2, 0.25) is 0 Å². The van der Waals surface area contributed by atoms with E-state index in [1.807, 2.05) is 18.2 Å². The van der Waals surface area contributed by atoms with Gasteiger partial charge in [0.1, 0.15) is 0 Å². The van der Waals surface area contributed by atoms with E-state index >= 15 is 0 Å². The van der Waals surface area contributed by atoms with E-state index in [-0.39, 0.29) is 0 Å². The van der Waals surface area contributed by atoms with Crippen molar-refractivity contribution in [3.05, 3.63) is 63.1 Å². The Hall–Kier alpha value is -1.69. The van der Waals surface area contributed by atoms with Crippen molar-refractivity contribution in [2.24, 2.45) is 0 Å². The molecule has 0 bridgehead atoms. The Morgan fingerprint density at radius 2 is 1.85 bits per heavy atom. The van der Waals surface area contributed by atoms with E-state index in [9.17, 15) is 0 Å². The van der Waals surface area contributed by atoms with Crippen LogP contribution >= 0.6 is 23.2 Å². The average molecular weight is 303 g/mol. The van der Waals surface area contributed by atoms with Crippen molar-refractivity contribution in [2.75, 3.05) is 5.32 Å². The molecule has 100 valence electrons. The Morgan fingerprint density at radius 1 is 1.05 bits per heavy atom. The van der Waals surface area contributed by atoms with Crippen molar-refractivity contribution in [2.45, 2.75) is 18.9 Å². The largest absolute Gasteiger partial charge is 0.380 e. The van der Waals surface area contributed by atoms with Gasteiger partial charge in [-0.15, -0.1) is 0 Å². The first-order chi connectivity index (χ1) is 9.65. The van der Waals surface area contributed by atoms with Gasteiger partial charge in [0.05, 0.1) is 22.3 Å². The van der Waals surface area contributed by atoms with E-state index < -0.39 is 0 Å². The summed E-state index contributed by atoms with van der Waals surface area (Å²) in [5.74, 6) is 0. The fourth-order valence-electron chi connectivity index (χ4n) is 2.61. The number of nitrogens with one attached hydrogen (secondary N) is 1. The normalized spacial score (nSPS) is 16.6. The van der Waals surface area contributed by atoms with Crippen LogP contribution in [-0.4, -0.2) is 6.04 Å². The minimum absolute atomic E-state index is 0.314. The molecule has 0 amide bonds. The van der Waals surface area contributed by atoms with Crippen molar-refractivity contribution in [3.8, 4) is 6.07 Å². The number of hydrogen-bond donors (Lipinski definition) is 1. The predicted octanol–water partition coefficient (Wildman–Crippen LogP) is 4.44. The summed E-state index contributed by atoms with van der Waals surface area (Å²) in [7, 11) is 0. The Morgan fingerprint density at radius 3 is 2.60 bits per heavy atom. The molecule has 0 heterocycles. The van der Waals surface area contributed by atoms with Crippen LogP contribution in [0.1, 0.15) is 16.7 Å². The summed E-state index contributed by atoms with van der Waals surface area (Å²) in [6.07, 6.45) is 1.90. The lowest BCUT2D eigenvalue weighted by Crippen LogP contribution is -2.19. The van der Waals surface area contributed by atoms with Crippen molar-refractivity contribution in [1.29, 1.82) is 5.26 Å². The SMILES string of the molecule is N#Cc1ccc(NC2Cc3ccc(Cl)cc3C2)c(Cl)c1. The quantitative estimate of drug-likeness (QED) is 0.890. The van der Waals surface area contributed by atoms with E-state index in [4.69, 9.17) is 28.5 Å². The van der Waals surface area contributed by atoms with Crippen LogP contribution in [0.15, 0.2) is 36.4 Å². The van der Waals surface area contributed by atoms with Crippen molar-refractivity contribution in [1.82, 2.24) is 0 Å². The molecule has 4 heteroatoms. The summed E-state index contributed by atoms with van der Waals surface area (Å²) < 4.78 is 0. The van der Waals surface area contributed by atoms with Gasteiger partial charge in [0, 0.05) is 11.1 Å². The molecule has 0 fully saturated rings. The van der Waals surface area contributed by atoms with Gasteiger partial charge in [-0.25, -0.2) is 0 Å². The topological polar surface area (TPSA) is 35.8 Å². The molecular weight excluding hydrogens is 291 g/mol. The van der Waals surface area contributed by atoms with Crippen LogP contribution < -0.4 is 5.32 Å². The molecule has 0 spiro atoms. The molecular formula is C16H12Cl2N2. The molecule has 0 saturated carbocycles. The van der Waals surface area contributed by atoms with Gasteiger partial charge < -0.3 is 5.32 Å². The second-order valence-corrected chi connectivity index (χ2v) is 5.81. The van der Waals surface area contributed by atoms with Crippen LogP contribution in [0.25, 0.3) is 0 Å². The number of benzene rings is 2.